The number of hydrogen-bond acceptors (Lipinski definition) is 4. The molecular formula is C12H14N2O3S. The molecule has 96 valence electrons. The van der Waals surface area contributed by atoms with Crippen molar-refractivity contribution in [1.82, 2.24) is 10.2 Å². The Morgan fingerprint density at radius 1 is 1.67 bits per heavy atom. The van der Waals surface area contributed by atoms with Gasteiger partial charge in [-0.3, -0.25) is 9.69 Å². The Balaban J connectivity index is 2.01. The van der Waals surface area contributed by atoms with Gasteiger partial charge < -0.3 is 10.1 Å². The van der Waals surface area contributed by atoms with Crippen molar-refractivity contribution in [2.75, 3.05) is 13.1 Å². The summed E-state index contributed by atoms with van der Waals surface area (Å²) in [5.41, 5.74) is 0.725. The van der Waals surface area contributed by atoms with Crippen molar-refractivity contribution in [2.45, 2.75) is 19.4 Å². The van der Waals surface area contributed by atoms with E-state index < -0.39 is 6.09 Å². The van der Waals surface area contributed by atoms with E-state index in [1.165, 1.54) is 11.8 Å². The van der Waals surface area contributed by atoms with E-state index in [1.807, 2.05) is 18.2 Å². The maximum atomic E-state index is 11.7. The smallest absolute Gasteiger partial charge is 0.414 e. The van der Waals surface area contributed by atoms with E-state index in [9.17, 15) is 9.59 Å². The zero-order chi connectivity index (χ0) is 13.1. The minimum absolute atomic E-state index is 0.139. The minimum Gasteiger partial charge on any atom is -0.442 e. The summed E-state index contributed by atoms with van der Waals surface area (Å²) in [5, 5.41) is 2.63. The molecule has 1 aliphatic heterocycles. The van der Waals surface area contributed by atoms with Crippen LogP contribution in [0.1, 0.15) is 13.3 Å². The van der Waals surface area contributed by atoms with Crippen molar-refractivity contribution in [3.63, 3.8) is 0 Å². The quantitative estimate of drug-likeness (QED) is 0.779. The minimum atomic E-state index is -0.408. The highest BCUT2D eigenvalue weighted by Gasteiger charge is 2.34. The largest absolute Gasteiger partial charge is 0.442 e. The van der Waals surface area contributed by atoms with E-state index in [1.54, 1.807) is 0 Å². The Labute approximate surface area is 110 Å². The topological polar surface area (TPSA) is 58.6 Å². The first-order valence-electron chi connectivity index (χ1n) is 5.70. The molecule has 2 aliphatic rings. The number of nitrogens with zero attached hydrogens (tertiary/aromatic N) is 1. The van der Waals surface area contributed by atoms with Crippen molar-refractivity contribution in [3.8, 4) is 0 Å². The Morgan fingerprint density at radius 3 is 3.11 bits per heavy atom. The van der Waals surface area contributed by atoms with Crippen LogP contribution >= 0.6 is 12.2 Å². The fourth-order valence-electron chi connectivity index (χ4n) is 1.85. The monoisotopic (exact) mass is 266 g/mol. The lowest BCUT2D eigenvalue weighted by Crippen LogP contribution is -2.34. The van der Waals surface area contributed by atoms with Gasteiger partial charge in [0.25, 0.3) is 0 Å². The Bertz CT molecular complexity index is 456. The number of carbonyl (C=O) groups is 2. The molecule has 6 heteroatoms. The van der Waals surface area contributed by atoms with Gasteiger partial charge in [-0.05, 0) is 6.08 Å². The van der Waals surface area contributed by atoms with Gasteiger partial charge in [0.15, 0.2) is 0 Å². The van der Waals surface area contributed by atoms with Crippen LogP contribution in [-0.2, 0) is 9.53 Å². The van der Waals surface area contributed by atoms with Gasteiger partial charge >= 0.3 is 6.09 Å². The molecule has 0 aromatic heterocycles. The molecule has 1 saturated heterocycles. The summed E-state index contributed by atoms with van der Waals surface area (Å²) >= 11 is 5.22. The zero-order valence-corrected chi connectivity index (χ0v) is 10.8. The normalized spacial score (nSPS) is 22.8. The third-order valence-electron chi connectivity index (χ3n) is 2.72. The third kappa shape index (κ3) is 2.76. The molecule has 0 saturated carbocycles. The summed E-state index contributed by atoms with van der Waals surface area (Å²) in [5.74, 6) is -0.139. The van der Waals surface area contributed by atoms with E-state index in [-0.39, 0.29) is 12.0 Å². The molecule has 1 aliphatic carbocycles. The Hall–Kier alpha value is -1.69. The molecular weight excluding hydrogens is 252 g/mol. The Kier molecular flexibility index (Phi) is 3.76. The van der Waals surface area contributed by atoms with Crippen LogP contribution in [0.3, 0.4) is 0 Å². The molecule has 0 spiro atoms. The fourth-order valence-corrected chi connectivity index (χ4v) is 2.13. The summed E-state index contributed by atoms with van der Waals surface area (Å²) < 4.78 is 5.17. The first-order valence-corrected chi connectivity index (χ1v) is 6.11. The molecule has 0 aromatic carbocycles. The van der Waals surface area contributed by atoms with Crippen molar-refractivity contribution in [3.05, 3.63) is 23.9 Å². The molecule has 0 aromatic rings. The number of nitrogens with one attached hydrogen (secondary N) is 1. The molecule has 1 unspecified atom stereocenters. The molecule has 0 bridgehead atoms. The van der Waals surface area contributed by atoms with Crippen molar-refractivity contribution in [2.24, 2.45) is 0 Å². The van der Waals surface area contributed by atoms with E-state index in [0.717, 1.165) is 10.6 Å². The van der Waals surface area contributed by atoms with Crippen LogP contribution in [0.2, 0.25) is 0 Å². The zero-order valence-electron chi connectivity index (χ0n) is 10.0. The molecule has 2 rings (SSSR count). The average molecular weight is 266 g/mol. The summed E-state index contributed by atoms with van der Waals surface area (Å²) in [6, 6.07) is 0. The van der Waals surface area contributed by atoms with Gasteiger partial charge in [-0.2, -0.15) is 0 Å². The molecule has 1 fully saturated rings. The molecule has 18 heavy (non-hydrogen) atoms. The summed E-state index contributed by atoms with van der Waals surface area (Å²) in [6.07, 6.45) is 5.57. The highest BCUT2D eigenvalue weighted by molar-refractivity contribution is 7.80. The van der Waals surface area contributed by atoms with Gasteiger partial charge in [-0.1, -0.05) is 24.4 Å². The third-order valence-corrected chi connectivity index (χ3v) is 3.10. The van der Waals surface area contributed by atoms with Crippen LogP contribution in [0.25, 0.3) is 0 Å². The Morgan fingerprint density at radius 2 is 2.44 bits per heavy atom. The highest BCUT2D eigenvalue weighted by atomic mass is 32.1. The van der Waals surface area contributed by atoms with Gasteiger partial charge in [0.2, 0.25) is 5.91 Å². The van der Waals surface area contributed by atoms with Crippen LogP contribution in [0, 0.1) is 0 Å². The first kappa shape index (κ1) is 12.8. The summed E-state index contributed by atoms with van der Waals surface area (Å²) in [7, 11) is 0. The lowest BCUT2D eigenvalue weighted by Gasteiger charge is -2.19. The van der Waals surface area contributed by atoms with Crippen molar-refractivity contribution in [1.29, 1.82) is 0 Å². The van der Waals surface area contributed by atoms with E-state index >= 15 is 0 Å². The maximum absolute atomic E-state index is 11.7. The number of allylic oxidation sites excluding steroid dienone is 4. The van der Waals surface area contributed by atoms with Gasteiger partial charge in [0.05, 0.1) is 18.8 Å². The summed E-state index contributed by atoms with van der Waals surface area (Å²) in [6.45, 7) is 2.17. The standard InChI is InChI=1S/C12H14N2O3S/c1-8(15)13-6-9-7-14(12(16)17-9)10-4-2-3-5-11(10)18/h2-4,9H,5-7H2,1H3,(H,13,15). The van der Waals surface area contributed by atoms with E-state index in [0.29, 0.717) is 19.5 Å². The maximum Gasteiger partial charge on any atom is 0.414 e. The lowest BCUT2D eigenvalue weighted by atomic mass is 10.1. The fraction of sp³-hybridized carbons (Fsp3) is 0.417. The number of hydrogen-bond donors (Lipinski definition) is 1. The number of rotatable bonds is 3. The van der Waals surface area contributed by atoms with Crippen LogP contribution < -0.4 is 5.32 Å². The lowest BCUT2D eigenvalue weighted by molar-refractivity contribution is -0.119. The molecule has 0 radical (unpaired) electrons. The predicted octanol–water partition coefficient (Wildman–Crippen LogP) is 1.16. The highest BCUT2D eigenvalue weighted by Crippen LogP contribution is 2.21. The van der Waals surface area contributed by atoms with Gasteiger partial charge in [-0.15, -0.1) is 0 Å². The number of thiocarbonyl (C=S) groups is 1. The number of ether oxygens (including phenoxy) is 1. The van der Waals surface area contributed by atoms with Crippen LogP contribution in [0.4, 0.5) is 4.79 Å². The second-order valence-corrected chi connectivity index (χ2v) is 4.65. The first-order chi connectivity index (χ1) is 8.58. The van der Waals surface area contributed by atoms with E-state index in [4.69, 9.17) is 17.0 Å². The van der Waals surface area contributed by atoms with Crippen LogP contribution in [0.15, 0.2) is 23.9 Å². The second-order valence-electron chi connectivity index (χ2n) is 4.16. The van der Waals surface area contributed by atoms with Crippen molar-refractivity contribution < 1.29 is 14.3 Å². The number of carbonyl (C=O) groups excluding carboxylic acids is 2. The molecule has 2 amide bonds. The van der Waals surface area contributed by atoms with Crippen LogP contribution in [0.5, 0.6) is 0 Å². The molecule has 5 nitrogen and oxygen atoms in total. The molecule has 1 heterocycles. The van der Waals surface area contributed by atoms with Gasteiger partial charge in [0, 0.05) is 18.2 Å². The van der Waals surface area contributed by atoms with Gasteiger partial charge in [0.1, 0.15) is 6.10 Å². The van der Waals surface area contributed by atoms with Gasteiger partial charge in [-0.25, -0.2) is 4.79 Å². The molecule has 1 N–H and O–H groups in total. The predicted molar refractivity (Wildman–Crippen MR) is 70.1 cm³/mol. The van der Waals surface area contributed by atoms with E-state index in [2.05, 4.69) is 5.32 Å². The summed E-state index contributed by atoms with van der Waals surface area (Å²) in [4.78, 5) is 24.8. The average Bonchev–Trinajstić information content (AvgIpc) is 2.69. The van der Waals surface area contributed by atoms with Crippen LogP contribution in [-0.4, -0.2) is 41.0 Å². The molecule has 1 atom stereocenters. The number of amides is 2. The SMILES string of the molecule is CC(=O)NCC1CN(C2=CC=CCC2=S)C(=O)O1. The number of cyclic esters (lactones) is 1. The second kappa shape index (κ2) is 5.30. The van der Waals surface area contributed by atoms with Crippen molar-refractivity contribution >= 4 is 29.1 Å².